The second-order valence-corrected chi connectivity index (χ2v) is 9.50. The summed E-state index contributed by atoms with van der Waals surface area (Å²) in [5, 5.41) is 0. The molecule has 0 aromatic carbocycles. The van der Waals surface area contributed by atoms with Crippen LogP contribution in [0.4, 0.5) is 0 Å². The van der Waals surface area contributed by atoms with Gasteiger partial charge in [-0.3, -0.25) is 4.57 Å². The molecule has 0 unspecified atom stereocenters. The van der Waals surface area contributed by atoms with Crippen molar-refractivity contribution >= 4 is 8.25 Å². The quantitative estimate of drug-likeness (QED) is 0.154. The van der Waals surface area contributed by atoms with E-state index in [4.69, 9.17) is 9.05 Å². The first-order chi connectivity index (χ1) is 13.4. The normalized spacial score (nSPS) is 11.3. The summed E-state index contributed by atoms with van der Waals surface area (Å²) in [5.74, 6) is 0. The molecule has 172 valence electrons. The van der Waals surface area contributed by atoms with Gasteiger partial charge in [0.25, 0.3) is 0 Å². The zero-order chi connectivity index (χ0) is 21.5. The molecule has 3 nitrogen and oxygen atoms in total. The van der Waals surface area contributed by atoms with Crippen LogP contribution in [0.3, 0.4) is 0 Å². The van der Waals surface area contributed by atoms with Crippen LogP contribution < -0.4 is 0 Å². The van der Waals surface area contributed by atoms with E-state index in [1.165, 1.54) is 103 Å². The van der Waals surface area contributed by atoms with Crippen LogP contribution >= 0.6 is 8.25 Å². The van der Waals surface area contributed by atoms with Crippen molar-refractivity contribution in [1.82, 2.24) is 0 Å². The molecular formula is C24H53O3P. The highest BCUT2D eigenvalue weighted by molar-refractivity contribution is 7.33. The fourth-order valence-electron chi connectivity index (χ4n) is 3.03. The second-order valence-electron chi connectivity index (χ2n) is 8.53. The zero-order valence-electron chi connectivity index (χ0n) is 20.2. The second kappa shape index (κ2) is 25.2. The van der Waals surface area contributed by atoms with E-state index in [2.05, 4.69) is 13.8 Å². The predicted molar refractivity (Wildman–Crippen MR) is 127 cm³/mol. The average Bonchev–Trinajstić information content (AvgIpc) is 2.61. The zero-order valence-corrected chi connectivity index (χ0v) is 21.2. The molecule has 0 saturated heterocycles. The first-order valence-corrected chi connectivity index (χ1v) is 13.5. The lowest BCUT2D eigenvalue weighted by Crippen LogP contribution is -2.00. The van der Waals surface area contributed by atoms with Gasteiger partial charge in [-0.2, -0.15) is 0 Å². The molecule has 0 aliphatic heterocycles. The molecular weight excluding hydrogens is 367 g/mol. The Kier molecular flexibility index (Phi) is 27.3. The summed E-state index contributed by atoms with van der Waals surface area (Å²) >= 11 is 0. The molecule has 0 aliphatic carbocycles. The summed E-state index contributed by atoms with van der Waals surface area (Å²) in [5.41, 5.74) is 0. The highest BCUT2D eigenvalue weighted by Gasteiger charge is 2.04. The van der Waals surface area contributed by atoms with Crippen LogP contribution in [0.2, 0.25) is 0 Å². The third-order valence-electron chi connectivity index (χ3n) is 4.62. The van der Waals surface area contributed by atoms with Crippen molar-refractivity contribution in [1.29, 1.82) is 0 Å². The summed E-state index contributed by atoms with van der Waals surface area (Å²) in [6.45, 7) is 11.9. The van der Waals surface area contributed by atoms with Gasteiger partial charge in [-0.1, -0.05) is 117 Å². The average molecular weight is 421 g/mol. The maximum Gasteiger partial charge on any atom is 0.319 e. The van der Waals surface area contributed by atoms with Crippen LogP contribution in [0.15, 0.2) is 0 Å². The molecule has 0 bridgehead atoms. The summed E-state index contributed by atoms with van der Waals surface area (Å²) in [4.78, 5) is 0. The molecule has 28 heavy (non-hydrogen) atoms. The van der Waals surface area contributed by atoms with Gasteiger partial charge in [0.15, 0.2) is 0 Å². The minimum absolute atomic E-state index is 0.0230. The summed E-state index contributed by atoms with van der Waals surface area (Å²) < 4.78 is 20.6. The van der Waals surface area contributed by atoms with Crippen LogP contribution in [-0.4, -0.2) is 12.2 Å². The van der Waals surface area contributed by atoms with Crippen molar-refractivity contribution in [3.05, 3.63) is 0 Å². The van der Waals surface area contributed by atoms with E-state index in [0.717, 1.165) is 0 Å². The Bertz CT molecular complexity index is 278. The number of hydrogen-bond acceptors (Lipinski definition) is 3. The van der Waals surface area contributed by atoms with Gasteiger partial charge in [0.05, 0.1) is 12.2 Å². The molecule has 0 amide bonds. The van der Waals surface area contributed by atoms with E-state index >= 15 is 0 Å². The third kappa shape index (κ3) is 30.9. The van der Waals surface area contributed by atoms with E-state index < -0.39 is 8.25 Å². The van der Waals surface area contributed by atoms with Gasteiger partial charge in [-0.15, -0.1) is 0 Å². The summed E-state index contributed by atoms with van der Waals surface area (Å²) in [7, 11) is -2.24. The van der Waals surface area contributed by atoms with Gasteiger partial charge < -0.3 is 9.05 Å². The minimum Gasteiger partial charge on any atom is -0.308 e. The van der Waals surface area contributed by atoms with E-state index in [1.807, 2.05) is 27.7 Å². The summed E-state index contributed by atoms with van der Waals surface area (Å²) in [6.07, 6.45) is 23.4. The largest absolute Gasteiger partial charge is 0.319 e. The predicted octanol–water partition coefficient (Wildman–Crippen LogP) is 9.49. The Morgan fingerprint density at radius 1 is 0.500 bits per heavy atom. The Hall–Kier alpha value is 0.150. The van der Waals surface area contributed by atoms with Crippen LogP contribution in [0.5, 0.6) is 0 Å². The first-order valence-electron chi connectivity index (χ1n) is 12.3. The Balaban J connectivity index is 0. The molecule has 0 heterocycles. The van der Waals surface area contributed by atoms with Gasteiger partial charge in [-0.05, 0) is 27.7 Å². The van der Waals surface area contributed by atoms with Crippen molar-refractivity contribution in [2.45, 2.75) is 156 Å². The molecule has 0 saturated carbocycles. The van der Waals surface area contributed by atoms with Crippen molar-refractivity contribution in [3.8, 4) is 0 Å². The van der Waals surface area contributed by atoms with Crippen molar-refractivity contribution in [3.63, 3.8) is 0 Å². The summed E-state index contributed by atoms with van der Waals surface area (Å²) in [6, 6.07) is 0. The molecule has 0 atom stereocenters. The van der Waals surface area contributed by atoms with Crippen molar-refractivity contribution in [2.75, 3.05) is 0 Å². The minimum atomic E-state index is -2.24. The van der Waals surface area contributed by atoms with Gasteiger partial charge in [0, 0.05) is 0 Å². The van der Waals surface area contributed by atoms with E-state index in [1.54, 1.807) is 0 Å². The maximum atomic E-state index is 10.8. The lowest BCUT2D eigenvalue weighted by molar-refractivity contribution is 0.161. The number of hydrogen-bond donors (Lipinski definition) is 0. The topological polar surface area (TPSA) is 35.5 Å². The van der Waals surface area contributed by atoms with Crippen LogP contribution in [0.25, 0.3) is 0 Å². The maximum absolute atomic E-state index is 10.8. The molecule has 0 rings (SSSR count). The fraction of sp³-hybridized carbons (Fsp3) is 1.00. The van der Waals surface area contributed by atoms with Gasteiger partial charge in [-0.25, -0.2) is 0 Å². The highest BCUT2D eigenvalue weighted by atomic mass is 31.1. The molecule has 0 aromatic rings. The van der Waals surface area contributed by atoms with E-state index in [-0.39, 0.29) is 12.2 Å². The smallest absolute Gasteiger partial charge is 0.308 e. The monoisotopic (exact) mass is 420 g/mol. The van der Waals surface area contributed by atoms with Crippen LogP contribution in [0.1, 0.15) is 144 Å². The van der Waals surface area contributed by atoms with Crippen LogP contribution in [0, 0.1) is 0 Å². The number of unbranched alkanes of at least 4 members (excludes halogenated alkanes) is 15. The fourth-order valence-corrected chi connectivity index (χ4v) is 3.86. The lowest BCUT2D eigenvalue weighted by atomic mass is 10.0. The van der Waals surface area contributed by atoms with E-state index in [9.17, 15) is 4.57 Å². The lowest BCUT2D eigenvalue weighted by Gasteiger charge is -2.09. The van der Waals surface area contributed by atoms with Crippen molar-refractivity contribution in [2.24, 2.45) is 0 Å². The van der Waals surface area contributed by atoms with Crippen LogP contribution in [-0.2, 0) is 13.6 Å². The molecule has 0 radical (unpaired) electrons. The SMILES string of the molecule is CC(C)O[PH](=O)OC(C)C.CCCCCCCCCCCCCCCCCC. The van der Waals surface area contributed by atoms with Gasteiger partial charge in [0.2, 0.25) is 0 Å². The number of rotatable bonds is 19. The van der Waals surface area contributed by atoms with Gasteiger partial charge >= 0.3 is 8.25 Å². The third-order valence-corrected chi connectivity index (χ3v) is 5.95. The molecule has 0 spiro atoms. The Morgan fingerprint density at radius 3 is 0.893 bits per heavy atom. The van der Waals surface area contributed by atoms with Crippen molar-refractivity contribution < 1.29 is 13.6 Å². The molecule has 0 fully saturated rings. The highest BCUT2D eigenvalue weighted by Crippen LogP contribution is 2.27. The Labute approximate surface area is 178 Å². The van der Waals surface area contributed by atoms with E-state index in [0.29, 0.717) is 0 Å². The standard InChI is InChI=1S/C18H38.C6H15O3P/c1-3-5-7-9-11-13-15-17-18-16-14-12-10-8-6-4-2;1-5(2)8-10(7)9-6(3)4/h3-18H2,1-2H3;5-6,10H,1-4H3. The molecule has 0 N–H and O–H groups in total. The Morgan fingerprint density at radius 2 is 0.714 bits per heavy atom. The first kappa shape index (κ1) is 30.3. The molecule has 4 heteroatoms. The molecule has 0 aromatic heterocycles. The molecule has 0 aliphatic rings. The van der Waals surface area contributed by atoms with Gasteiger partial charge in [0.1, 0.15) is 0 Å².